The molecule has 4 rings (SSSR count). The van der Waals surface area contributed by atoms with Gasteiger partial charge in [0.05, 0.1) is 34.9 Å². The third-order valence-corrected chi connectivity index (χ3v) is 8.10. The zero-order valence-electron chi connectivity index (χ0n) is 19.4. The molecule has 2 saturated heterocycles. The van der Waals surface area contributed by atoms with Crippen LogP contribution in [0.1, 0.15) is 52.0 Å². The van der Waals surface area contributed by atoms with Crippen molar-refractivity contribution in [2.75, 3.05) is 13.2 Å². The number of rotatable bonds is 6. The number of nitrogens with one attached hydrogen (secondary N) is 1. The van der Waals surface area contributed by atoms with Crippen molar-refractivity contribution in [2.45, 2.75) is 58.7 Å². The molecule has 3 aliphatic rings. The van der Waals surface area contributed by atoms with Gasteiger partial charge >= 0.3 is 19.5 Å². The molecule has 1 atom stereocenters. The van der Waals surface area contributed by atoms with Crippen LogP contribution in [0.3, 0.4) is 0 Å². The summed E-state index contributed by atoms with van der Waals surface area (Å²) in [5, 5.41) is 15.1. The average molecular weight is 494 g/mol. The van der Waals surface area contributed by atoms with Gasteiger partial charge in [-0.2, -0.15) is 0 Å². The maximum absolute atomic E-state index is 13.9. The Balaban J connectivity index is 1.86. The summed E-state index contributed by atoms with van der Waals surface area (Å²) < 4.78 is 41.7. The normalized spacial score (nSPS) is 28.7. The first-order valence-corrected chi connectivity index (χ1v) is 12.6. The highest BCUT2D eigenvalue weighted by atomic mass is 31.2. The Hall–Kier alpha value is -2.56. The second-order valence-corrected chi connectivity index (χ2v) is 10.2. The Morgan fingerprint density at radius 2 is 1.88 bits per heavy atom. The molecule has 1 aromatic rings. The fourth-order valence-electron chi connectivity index (χ4n) is 4.42. The van der Waals surface area contributed by atoms with Gasteiger partial charge in [-0.3, -0.25) is 24.2 Å². The summed E-state index contributed by atoms with van der Waals surface area (Å²) in [6, 6.07) is 5.98. The van der Waals surface area contributed by atoms with E-state index in [4.69, 9.17) is 23.3 Å². The summed E-state index contributed by atoms with van der Waals surface area (Å²) >= 11 is 0. The lowest BCUT2D eigenvalue weighted by molar-refractivity contribution is -0.523. The fraction of sp³-hybridized carbons (Fsp3) is 0.500. The zero-order chi connectivity index (χ0) is 24.7. The van der Waals surface area contributed by atoms with E-state index in [1.54, 1.807) is 33.8 Å². The lowest BCUT2D eigenvalue weighted by Gasteiger charge is -2.44. The van der Waals surface area contributed by atoms with Crippen molar-refractivity contribution >= 4 is 19.3 Å². The van der Waals surface area contributed by atoms with Crippen molar-refractivity contribution in [3.05, 3.63) is 62.2 Å². The maximum atomic E-state index is 13.9. The number of nitro benzene ring substituents is 1. The van der Waals surface area contributed by atoms with Crippen molar-refractivity contribution in [2.24, 2.45) is 0 Å². The molecule has 1 unspecified atom stereocenters. The Kier molecular flexibility index (Phi) is 6.67. The van der Waals surface area contributed by atoms with Gasteiger partial charge in [-0.25, -0.2) is 4.79 Å². The van der Waals surface area contributed by atoms with Gasteiger partial charge in [0.2, 0.25) is 0 Å². The van der Waals surface area contributed by atoms with Crippen LogP contribution >= 0.6 is 7.60 Å². The van der Waals surface area contributed by atoms with Gasteiger partial charge in [0, 0.05) is 29.4 Å². The number of carbonyl (C=O) groups is 1. The monoisotopic (exact) mass is 494 g/mol. The van der Waals surface area contributed by atoms with Gasteiger partial charge in [0.25, 0.3) is 5.69 Å². The summed E-state index contributed by atoms with van der Waals surface area (Å²) in [6.45, 7) is 7.09. The molecule has 0 spiro atoms. The number of allylic oxidation sites excluding steroid dienone is 3. The molecule has 1 N–H and O–H groups in total. The SMILES string of the molecule is CCC1(OC(=O)C2=C(C)NC(C)=C(P3(=O)OCCCO3)C2c2ccccc2[N+](=O)[O-])OC(C)O1. The first-order chi connectivity index (χ1) is 16.1. The minimum Gasteiger partial charge on any atom is -0.404 e. The average Bonchev–Trinajstić information content (AvgIpc) is 2.77. The summed E-state index contributed by atoms with van der Waals surface area (Å²) in [4.78, 5) is 24.9. The molecule has 1 aromatic carbocycles. The molecule has 0 aromatic heterocycles. The number of hydrogen-bond donors (Lipinski definition) is 1. The summed E-state index contributed by atoms with van der Waals surface area (Å²) in [5.74, 6) is -3.50. The quantitative estimate of drug-likeness (QED) is 0.262. The molecule has 3 aliphatic heterocycles. The van der Waals surface area contributed by atoms with Crippen molar-refractivity contribution < 1.29 is 37.5 Å². The highest BCUT2D eigenvalue weighted by Gasteiger charge is 2.52. The number of dihydropyridines is 1. The molecular weight excluding hydrogens is 467 g/mol. The molecule has 0 aliphatic carbocycles. The number of para-hydroxylation sites is 1. The minimum atomic E-state index is -3.89. The maximum Gasteiger partial charge on any atom is 0.360 e. The van der Waals surface area contributed by atoms with E-state index >= 15 is 0 Å². The Morgan fingerprint density at radius 3 is 2.47 bits per heavy atom. The molecule has 11 nitrogen and oxygen atoms in total. The van der Waals surface area contributed by atoms with E-state index in [1.165, 1.54) is 18.2 Å². The first kappa shape index (κ1) is 24.6. The summed E-state index contributed by atoms with van der Waals surface area (Å²) in [6.07, 6.45) is 0.233. The van der Waals surface area contributed by atoms with Gasteiger partial charge in [0.15, 0.2) is 6.29 Å². The van der Waals surface area contributed by atoms with Crippen LogP contribution in [0.25, 0.3) is 0 Å². The van der Waals surface area contributed by atoms with Crippen molar-refractivity contribution in [1.82, 2.24) is 5.32 Å². The standard InChI is InChI=1S/C22H27N2O9P/c1-5-22(31-15(4)32-22)33-21(25)18-13(2)23-14(3)20(34(28)29-11-8-12-30-34)19(18)16-9-6-7-10-17(16)24(26)27/h6-7,9-10,15,19,23H,5,8,11-12H2,1-4H3. The predicted molar refractivity (Wildman–Crippen MR) is 119 cm³/mol. The van der Waals surface area contributed by atoms with E-state index in [0.717, 1.165) is 0 Å². The van der Waals surface area contributed by atoms with Gasteiger partial charge in [-0.1, -0.05) is 25.1 Å². The van der Waals surface area contributed by atoms with E-state index in [-0.39, 0.29) is 41.8 Å². The number of carbonyl (C=O) groups excluding carboxylic acids is 1. The molecule has 3 heterocycles. The summed E-state index contributed by atoms with van der Waals surface area (Å²) in [5.41, 5.74) is 0.768. The molecule has 0 amide bonds. The highest BCUT2D eigenvalue weighted by Crippen LogP contribution is 2.65. The molecule has 184 valence electrons. The Labute approximate surface area is 196 Å². The topological polar surface area (TPSA) is 135 Å². The largest absolute Gasteiger partial charge is 0.404 e. The summed E-state index contributed by atoms with van der Waals surface area (Å²) in [7, 11) is -3.89. The number of hydrogen-bond acceptors (Lipinski definition) is 10. The zero-order valence-corrected chi connectivity index (χ0v) is 20.3. The van der Waals surface area contributed by atoms with Gasteiger partial charge in [-0.05, 0) is 27.2 Å². The van der Waals surface area contributed by atoms with Gasteiger partial charge in [-0.15, -0.1) is 0 Å². The van der Waals surface area contributed by atoms with Crippen molar-refractivity contribution in [3.8, 4) is 0 Å². The van der Waals surface area contributed by atoms with Crippen LogP contribution < -0.4 is 5.32 Å². The smallest absolute Gasteiger partial charge is 0.360 e. The lowest BCUT2D eigenvalue weighted by atomic mass is 9.85. The van der Waals surface area contributed by atoms with E-state index in [1.807, 2.05) is 0 Å². The lowest BCUT2D eigenvalue weighted by Crippen LogP contribution is -2.55. The molecule has 0 saturated carbocycles. The second kappa shape index (κ2) is 9.24. The van der Waals surface area contributed by atoms with E-state index in [0.29, 0.717) is 17.8 Å². The molecule has 0 radical (unpaired) electrons. The fourth-order valence-corrected chi connectivity index (χ4v) is 6.56. The van der Waals surface area contributed by atoms with Crippen LogP contribution in [0.15, 0.2) is 46.5 Å². The van der Waals surface area contributed by atoms with Gasteiger partial charge < -0.3 is 19.1 Å². The molecule has 34 heavy (non-hydrogen) atoms. The second-order valence-electron chi connectivity index (χ2n) is 8.17. The van der Waals surface area contributed by atoms with Gasteiger partial charge in [0.1, 0.15) is 0 Å². The van der Waals surface area contributed by atoms with E-state index in [9.17, 15) is 19.5 Å². The van der Waals surface area contributed by atoms with Crippen LogP contribution in [0.2, 0.25) is 0 Å². The predicted octanol–water partition coefficient (Wildman–Crippen LogP) is 4.42. The molecule has 0 bridgehead atoms. The molecular formula is C22H27N2O9P. The Bertz CT molecular complexity index is 1110. The third kappa shape index (κ3) is 4.30. The van der Waals surface area contributed by atoms with Crippen molar-refractivity contribution in [1.29, 1.82) is 0 Å². The van der Waals surface area contributed by atoms with E-state index < -0.39 is 36.7 Å². The van der Waals surface area contributed by atoms with E-state index in [2.05, 4.69) is 5.32 Å². The number of benzene rings is 1. The molecule has 2 fully saturated rings. The number of esters is 1. The highest BCUT2D eigenvalue weighted by molar-refractivity contribution is 7.58. The van der Waals surface area contributed by atoms with Crippen molar-refractivity contribution in [3.63, 3.8) is 0 Å². The number of ether oxygens (including phenoxy) is 3. The molecule has 12 heteroatoms. The minimum absolute atomic E-state index is 0.0301. The van der Waals surface area contributed by atoms with Crippen LogP contribution in [-0.4, -0.2) is 36.4 Å². The van der Waals surface area contributed by atoms with Crippen LogP contribution in [0.4, 0.5) is 5.69 Å². The number of nitro groups is 1. The number of nitrogens with zero attached hydrogens (tertiary/aromatic N) is 1. The van der Waals surface area contributed by atoms with Crippen LogP contribution in [-0.2, 0) is 32.6 Å². The Morgan fingerprint density at radius 1 is 1.24 bits per heavy atom. The van der Waals surface area contributed by atoms with Crippen LogP contribution in [0, 0.1) is 10.1 Å². The van der Waals surface area contributed by atoms with Crippen LogP contribution in [0.5, 0.6) is 0 Å². The first-order valence-electron chi connectivity index (χ1n) is 11.0. The third-order valence-electron chi connectivity index (χ3n) is 5.87.